The predicted molar refractivity (Wildman–Crippen MR) is 215 cm³/mol. The molecule has 2 saturated heterocycles. The minimum absolute atomic E-state index is 0.172. The SMILES string of the molecule is CC(C)[Si]1(C(C)C)O[C@H]2[C@H](O)[C@@H](COC(c3ccccc3)(c3ccccc3)c3ccccc3)N(Cc3ccccc3)C[C@@H]2O[Si](C(C)C)(C(C)C)O1. The second-order valence-electron chi connectivity index (χ2n) is 16.0. The Morgan fingerprint density at radius 3 is 1.46 bits per heavy atom. The summed E-state index contributed by atoms with van der Waals surface area (Å²) in [5, 5.41) is 12.8. The van der Waals surface area contributed by atoms with Gasteiger partial charge in [0.05, 0.1) is 24.9 Å². The minimum Gasteiger partial charge on any atom is -0.414 e. The topological polar surface area (TPSA) is 60.4 Å². The van der Waals surface area contributed by atoms with Crippen LogP contribution in [-0.2, 0) is 29.8 Å². The third kappa shape index (κ3) is 7.29. The van der Waals surface area contributed by atoms with E-state index in [0.29, 0.717) is 13.1 Å². The van der Waals surface area contributed by atoms with Crippen molar-refractivity contribution < 1.29 is 22.8 Å². The molecule has 0 unspecified atom stereocenters. The summed E-state index contributed by atoms with van der Waals surface area (Å²) in [4.78, 5) is 2.37. The lowest BCUT2D eigenvalue weighted by atomic mass is 9.80. The highest BCUT2D eigenvalue weighted by Crippen LogP contribution is 2.49. The molecule has 2 aliphatic rings. The summed E-state index contributed by atoms with van der Waals surface area (Å²) in [5.74, 6) is 0. The Morgan fingerprint density at radius 1 is 0.635 bits per heavy atom. The van der Waals surface area contributed by atoms with E-state index in [2.05, 4.69) is 157 Å². The lowest BCUT2D eigenvalue weighted by molar-refractivity contribution is -0.149. The molecule has 2 fully saturated rings. The molecule has 4 aromatic rings. The maximum Gasteiger partial charge on any atom is 0.335 e. The second kappa shape index (κ2) is 16.2. The van der Waals surface area contributed by atoms with Crippen molar-refractivity contribution >= 4 is 17.1 Å². The van der Waals surface area contributed by atoms with Crippen molar-refractivity contribution in [2.24, 2.45) is 0 Å². The highest BCUT2D eigenvalue weighted by Gasteiger charge is 2.63. The molecule has 0 bridgehead atoms. The van der Waals surface area contributed by atoms with Crippen LogP contribution in [0.2, 0.25) is 22.2 Å². The Balaban J connectivity index is 1.47. The summed E-state index contributed by atoms with van der Waals surface area (Å²) in [7, 11) is -5.77. The van der Waals surface area contributed by atoms with E-state index in [4.69, 9.17) is 17.7 Å². The second-order valence-corrected chi connectivity index (χ2v) is 24.8. The predicted octanol–water partition coefficient (Wildman–Crippen LogP) is 9.57. The number of hydrogen-bond donors (Lipinski definition) is 1. The molecule has 6 rings (SSSR count). The monoisotopic (exact) mass is 737 g/mol. The van der Waals surface area contributed by atoms with Gasteiger partial charge >= 0.3 is 17.1 Å². The lowest BCUT2D eigenvalue weighted by Gasteiger charge is -2.49. The zero-order valence-electron chi connectivity index (χ0n) is 32.3. The largest absolute Gasteiger partial charge is 0.414 e. The molecule has 4 atom stereocenters. The van der Waals surface area contributed by atoms with Gasteiger partial charge in [0.15, 0.2) is 0 Å². The van der Waals surface area contributed by atoms with Gasteiger partial charge < -0.3 is 22.8 Å². The van der Waals surface area contributed by atoms with Crippen molar-refractivity contribution in [3.8, 4) is 0 Å². The van der Waals surface area contributed by atoms with Gasteiger partial charge in [-0.05, 0) is 44.4 Å². The van der Waals surface area contributed by atoms with Crippen LogP contribution in [0.5, 0.6) is 0 Å². The molecule has 4 aromatic carbocycles. The first-order valence-electron chi connectivity index (χ1n) is 19.3. The van der Waals surface area contributed by atoms with Crippen molar-refractivity contribution in [2.75, 3.05) is 13.2 Å². The fourth-order valence-electron chi connectivity index (χ4n) is 8.65. The number of ether oxygens (including phenoxy) is 1. The third-order valence-electron chi connectivity index (χ3n) is 11.4. The molecule has 278 valence electrons. The van der Waals surface area contributed by atoms with Crippen molar-refractivity contribution in [1.29, 1.82) is 0 Å². The summed E-state index contributed by atoms with van der Waals surface area (Å²) in [6.45, 7) is 19.4. The van der Waals surface area contributed by atoms with Crippen molar-refractivity contribution in [3.63, 3.8) is 0 Å². The zero-order chi connectivity index (χ0) is 37.1. The van der Waals surface area contributed by atoms with E-state index < -0.39 is 34.9 Å². The standard InChI is InChI=1S/C44H59NO5Si2/c1-32(2)51(33(3)4)48-41-30-45(29-36-21-13-9-14-22-36)40(42(46)43(41)49-52(50-51,34(5)6)35(7)8)31-47-44(37-23-15-10-16-24-37,38-25-17-11-18-26-38)39-27-19-12-20-28-39/h9-28,32-35,40-43,46H,29-31H2,1-8H3/t40-,41+,42-,43-/m1/s1. The molecule has 52 heavy (non-hydrogen) atoms. The van der Waals surface area contributed by atoms with Crippen LogP contribution < -0.4 is 0 Å². The van der Waals surface area contributed by atoms with Crippen LogP contribution in [0, 0.1) is 0 Å². The maximum atomic E-state index is 12.8. The van der Waals surface area contributed by atoms with Crippen LogP contribution >= 0.6 is 0 Å². The molecule has 1 N–H and O–H groups in total. The average molecular weight is 738 g/mol. The van der Waals surface area contributed by atoms with Crippen LogP contribution in [0.3, 0.4) is 0 Å². The number of aliphatic hydroxyl groups is 1. The van der Waals surface area contributed by atoms with Gasteiger partial charge in [0.1, 0.15) is 11.7 Å². The van der Waals surface area contributed by atoms with Crippen LogP contribution in [0.25, 0.3) is 0 Å². The number of rotatable bonds is 12. The number of likely N-dealkylation sites (tertiary alicyclic amines) is 1. The highest BCUT2D eigenvalue weighted by atomic mass is 28.5. The third-order valence-corrected chi connectivity index (χ3v) is 21.7. The average Bonchev–Trinajstić information content (AvgIpc) is 3.32. The molecule has 8 heteroatoms. The Hall–Kier alpha value is -2.93. The first-order chi connectivity index (χ1) is 24.9. The molecule has 0 radical (unpaired) electrons. The Bertz CT molecular complexity index is 1580. The van der Waals surface area contributed by atoms with Gasteiger partial charge in [0, 0.05) is 13.1 Å². The van der Waals surface area contributed by atoms with Gasteiger partial charge in [0.2, 0.25) is 0 Å². The van der Waals surface area contributed by atoms with Gasteiger partial charge in [-0.1, -0.05) is 177 Å². The van der Waals surface area contributed by atoms with E-state index in [0.717, 1.165) is 16.7 Å². The Kier molecular flexibility index (Phi) is 12.1. The normalized spacial score (nSPS) is 23.6. The summed E-state index contributed by atoms with van der Waals surface area (Å²) in [6.07, 6.45) is -1.79. The van der Waals surface area contributed by atoms with E-state index in [1.807, 2.05) is 24.3 Å². The number of aliphatic hydroxyl groups excluding tert-OH is 1. The molecular formula is C44H59NO5Si2. The molecule has 2 heterocycles. The molecule has 2 aliphatic heterocycles. The maximum absolute atomic E-state index is 12.8. The van der Waals surface area contributed by atoms with Gasteiger partial charge in [-0.2, -0.15) is 0 Å². The van der Waals surface area contributed by atoms with E-state index in [1.54, 1.807) is 0 Å². The number of fused-ring (bicyclic) bond motifs is 1. The lowest BCUT2D eigenvalue weighted by Crippen LogP contribution is -2.65. The molecule has 0 amide bonds. The van der Waals surface area contributed by atoms with Crippen LogP contribution in [0.1, 0.15) is 77.6 Å². The van der Waals surface area contributed by atoms with Crippen LogP contribution in [0.15, 0.2) is 121 Å². The van der Waals surface area contributed by atoms with Gasteiger partial charge in [0.25, 0.3) is 0 Å². The van der Waals surface area contributed by atoms with E-state index >= 15 is 0 Å². The molecule has 0 aromatic heterocycles. The highest BCUT2D eigenvalue weighted by molar-refractivity contribution is 6.84. The first-order valence-corrected chi connectivity index (χ1v) is 23.2. The molecular weight excluding hydrogens is 679 g/mol. The Morgan fingerprint density at radius 2 is 1.04 bits per heavy atom. The smallest absolute Gasteiger partial charge is 0.335 e. The molecule has 0 spiro atoms. The van der Waals surface area contributed by atoms with Crippen molar-refractivity contribution in [1.82, 2.24) is 4.90 Å². The molecule has 0 aliphatic carbocycles. The number of nitrogens with zero attached hydrogens (tertiary/aromatic N) is 1. The summed E-state index contributed by atoms with van der Waals surface area (Å²) in [6, 6.07) is 41.5. The summed E-state index contributed by atoms with van der Waals surface area (Å²) >= 11 is 0. The zero-order valence-corrected chi connectivity index (χ0v) is 34.3. The molecule has 0 saturated carbocycles. The van der Waals surface area contributed by atoms with Crippen molar-refractivity contribution in [2.45, 2.75) is 114 Å². The van der Waals surface area contributed by atoms with Gasteiger partial charge in [-0.25, -0.2) is 0 Å². The number of benzene rings is 4. The van der Waals surface area contributed by atoms with Gasteiger partial charge in [-0.15, -0.1) is 0 Å². The summed E-state index contributed by atoms with van der Waals surface area (Å²) in [5.41, 5.74) is 4.11. The van der Waals surface area contributed by atoms with Crippen LogP contribution in [0.4, 0.5) is 0 Å². The quantitative estimate of drug-likeness (QED) is 0.116. The van der Waals surface area contributed by atoms with E-state index in [9.17, 15) is 5.11 Å². The van der Waals surface area contributed by atoms with E-state index in [-0.39, 0.29) is 40.9 Å². The summed E-state index contributed by atoms with van der Waals surface area (Å²) < 4.78 is 29.8. The van der Waals surface area contributed by atoms with E-state index in [1.165, 1.54) is 5.56 Å². The minimum atomic E-state index is -2.92. The number of hydrogen-bond acceptors (Lipinski definition) is 6. The first kappa shape index (κ1) is 38.8. The fourth-order valence-corrected chi connectivity index (χ4v) is 20.0. The fraction of sp³-hybridized carbons (Fsp3) is 0.455. The van der Waals surface area contributed by atoms with Crippen LogP contribution in [-0.4, -0.2) is 64.6 Å². The van der Waals surface area contributed by atoms with Gasteiger partial charge in [-0.3, -0.25) is 4.90 Å². The Labute approximate surface area is 314 Å². The molecule has 6 nitrogen and oxygen atoms in total. The number of piperidine rings is 1. The van der Waals surface area contributed by atoms with Crippen molar-refractivity contribution in [3.05, 3.63) is 144 Å².